The standard InChI is InChI=1S/C21H21F4N5O/c1-12-5-3-2-4-8-29(12)20(31)17-10-18(21(23,24)25)30-19(27-17)11-16(28-30)14-7-6-13(26)9-15(14)22/h6-7,9-12H,2-5,8,26H2,1H3. The monoisotopic (exact) mass is 435 g/mol. The Morgan fingerprint density at radius 3 is 2.65 bits per heavy atom. The van der Waals surface area contributed by atoms with Gasteiger partial charge in [0.1, 0.15) is 11.5 Å². The fourth-order valence-corrected chi connectivity index (χ4v) is 3.88. The van der Waals surface area contributed by atoms with Gasteiger partial charge in [-0.25, -0.2) is 13.9 Å². The summed E-state index contributed by atoms with van der Waals surface area (Å²) in [6.07, 6.45) is -1.29. The quantitative estimate of drug-likeness (QED) is 0.474. The maximum Gasteiger partial charge on any atom is 0.433 e. The summed E-state index contributed by atoms with van der Waals surface area (Å²) in [5.41, 5.74) is 4.02. The molecule has 1 aromatic carbocycles. The molecular formula is C21H21F4N5O. The molecule has 1 amide bonds. The number of nitrogens with two attached hydrogens (primary N) is 1. The topological polar surface area (TPSA) is 76.5 Å². The Morgan fingerprint density at radius 1 is 1.16 bits per heavy atom. The van der Waals surface area contributed by atoms with Crippen LogP contribution >= 0.6 is 0 Å². The first-order valence-electron chi connectivity index (χ1n) is 9.99. The number of aromatic nitrogens is 3. The number of nitrogen functional groups attached to an aromatic ring is 1. The number of halogens is 4. The molecule has 3 heterocycles. The summed E-state index contributed by atoms with van der Waals surface area (Å²) in [5, 5.41) is 3.91. The summed E-state index contributed by atoms with van der Waals surface area (Å²) in [6, 6.07) is 5.68. The Hall–Kier alpha value is -3.17. The maximum absolute atomic E-state index is 14.3. The first-order valence-corrected chi connectivity index (χ1v) is 9.99. The SMILES string of the molecule is CC1CCCCCN1C(=O)c1cc(C(F)(F)F)n2nc(-c3ccc(N)cc3F)cc2n1. The Kier molecular flexibility index (Phi) is 5.32. The summed E-state index contributed by atoms with van der Waals surface area (Å²) in [7, 11) is 0. The van der Waals surface area contributed by atoms with Gasteiger partial charge in [-0.1, -0.05) is 12.8 Å². The highest BCUT2D eigenvalue weighted by molar-refractivity contribution is 5.93. The van der Waals surface area contributed by atoms with E-state index >= 15 is 0 Å². The Morgan fingerprint density at radius 2 is 1.94 bits per heavy atom. The van der Waals surface area contributed by atoms with E-state index in [9.17, 15) is 22.4 Å². The summed E-state index contributed by atoms with van der Waals surface area (Å²) >= 11 is 0. The molecule has 0 saturated carbocycles. The molecule has 2 aromatic heterocycles. The van der Waals surface area contributed by atoms with Crippen molar-refractivity contribution >= 4 is 17.2 Å². The van der Waals surface area contributed by atoms with Gasteiger partial charge >= 0.3 is 6.18 Å². The number of rotatable bonds is 2. The second kappa shape index (κ2) is 7.82. The van der Waals surface area contributed by atoms with Crippen LogP contribution in [0, 0.1) is 5.82 Å². The molecule has 1 aliphatic rings. The summed E-state index contributed by atoms with van der Waals surface area (Å²) in [5.74, 6) is -1.27. The molecule has 4 rings (SSSR count). The zero-order chi connectivity index (χ0) is 22.3. The molecule has 31 heavy (non-hydrogen) atoms. The molecule has 0 bridgehead atoms. The van der Waals surface area contributed by atoms with Gasteiger partial charge in [0.25, 0.3) is 5.91 Å². The highest BCUT2D eigenvalue weighted by Gasteiger charge is 2.37. The molecular weight excluding hydrogens is 414 g/mol. The lowest BCUT2D eigenvalue weighted by Crippen LogP contribution is -2.39. The highest BCUT2D eigenvalue weighted by atomic mass is 19.4. The molecule has 1 saturated heterocycles. The van der Waals surface area contributed by atoms with Crippen molar-refractivity contribution < 1.29 is 22.4 Å². The first-order chi connectivity index (χ1) is 14.6. The van der Waals surface area contributed by atoms with E-state index in [-0.39, 0.29) is 34.3 Å². The number of benzene rings is 1. The molecule has 1 fully saturated rings. The number of hydrogen-bond donors (Lipinski definition) is 1. The van der Waals surface area contributed by atoms with Gasteiger partial charge in [0, 0.05) is 36.0 Å². The van der Waals surface area contributed by atoms with Crippen LogP contribution in [0.2, 0.25) is 0 Å². The second-order valence-electron chi connectivity index (χ2n) is 7.76. The minimum atomic E-state index is -4.79. The normalized spacial score (nSPS) is 17.7. The van der Waals surface area contributed by atoms with Crippen molar-refractivity contribution in [2.24, 2.45) is 0 Å². The van der Waals surface area contributed by atoms with Crippen LogP contribution in [-0.4, -0.2) is 38.0 Å². The van der Waals surface area contributed by atoms with Gasteiger partial charge in [-0.3, -0.25) is 4.79 Å². The van der Waals surface area contributed by atoms with Crippen molar-refractivity contribution in [1.29, 1.82) is 0 Å². The van der Waals surface area contributed by atoms with Crippen molar-refractivity contribution in [3.63, 3.8) is 0 Å². The van der Waals surface area contributed by atoms with E-state index in [1.54, 1.807) is 4.90 Å². The van der Waals surface area contributed by atoms with E-state index in [4.69, 9.17) is 5.73 Å². The number of fused-ring (bicyclic) bond motifs is 1. The third-order valence-electron chi connectivity index (χ3n) is 5.52. The smallest absolute Gasteiger partial charge is 0.399 e. The summed E-state index contributed by atoms with van der Waals surface area (Å²) < 4.78 is 56.2. The molecule has 0 aliphatic carbocycles. The number of alkyl halides is 3. The van der Waals surface area contributed by atoms with Gasteiger partial charge in [-0.2, -0.15) is 18.3 Å². The second-order valence-corrected chi connectivity index (χ2v) is 7.76. The van der Waals surface area contributed by atoms with E-state index < -0.39 is 23.6 Å². The van der Waals surface area contributed by atoms with Crippen LogP contribution in [-0.2, 0) is 6.18 Å². The van der Waals surface area contributed by atoms with Crippen molar-refractivity contribution in [2.45, 2.75) is 44.8 Å². The lowest BCUT2D eigenvalue weighted by atomic mass is 10.1. The van der Waals surface area contributed by atoms with Gasteiger partial charge in [0.05, 0.1) is 5.69 Å². The minimum Gasteiger partial charge on any atom is -0.399 e. The van der Waals surface area contributed by atoms with E-state index in [2.05, 4.69) is 10.1 Å². The molecule has 6 nitrogen and oxygen atoms in total. The predicted molar refractivity (Wildman–Crippen MR) is 107 cm³/mol. The number of anilines is 1. The number of carbonyl (C=O) groups is 1. The Labute approximate surface area is 175 Å². The molecule has 0 radical (unpaired) electrons. The van der Waals surface area contributed by atoms with Gasteiger partial charge < -0.3 is 10.6 Å². The highest BCUT2D eigenvalue weighted by Crippen LogP contribution is 2.32. The summed E-state index contributed by atoms with van der Waals surface area (Å²) in [6.45, 7) is 2.35. The van der Waals surface area contributed by atoms with Crippen LogP contribution in [0.3, 0.4) is 0 Å². The third kappa shape index (κ3) is 4.06. The maximum atomic E-state index is 14.3. The zero-order valence-electron chi connectivity index (χ0n) is 16.8. The van der Waals surface area contributed by atoms with Crippen LogP contribution in [0.15, 0.2) is 30.3 Å². The van der Waals surface area contributed by atoms with Gasteiger partial charge in [-0.05, 0) is 38.0 Å². The molecule has 3 aromatic rings. The zero-order valence-corrected chi connectivity index (χ0v) is 16.8. The van der Waals surface area contributed by atoms with E-state index in [1.807, 2.05) is 6.92 Å². The largest absolute Gasteiger partial charge is 0.433 e. The fraction of sp³-hybridized carbons (Fsp3) is 0.381. The molecule has 10 heteroatoms. The lowest BCUT2D eigenvalue weighted by molar-refractivity contribution is -0.142. The van der Waals surface area contributed by atoms with Gasteiger partial charge in [-0.15, -0.1) is 0 Å². The lowest BCUT2D eigenvalue weighted by Gasteiger charge is -2.27. The van der Waals surface area contributed by atoms with Crippen molar-refractivity contribution in [3.8, 4) is 11.3 Å². The van der Waals surface area contributed by atoms with Crippen molar-refractivity contribution in [2.75, 3.05) is 12.3 Å². The van der Waals surface area contributed by atoms with Gasteiger partial charge in [0.15, 0.2) is 11.3 Å². The average Bonchev–Trinajstić information content (AvgIpc) is 3.00. The van der Waals surface area contributed by atoms with Crippen LogP contribution in [0.5, 0.6) is 0 Å². The van der Waals surface area contributed by atoms with E-state index in [1.165, 1.54) is 18.2 Å². The average molecular weight is 435 g/mol. The third-order valence-corrected chi connectivity index (χ3v) is 5.52. The number of likely N-dealkylation sites (tertiary alicyclic amines) is 1. The van der Waals surface area contributed by atoms with E-state index in [0.29, 0.717) is 17.1 Å². The van der Waals surface area contributed by atoms with Crippen molar-refractivity contribution in [3.05, 3.63) is 47.5 Å². The molecule has 1 atom stereocenters. The summed E-state index contributed by atoms with van der Waals surface area (Å²) in [4.78, 5) is 18.8. The van der Waals surface area contributed by atoms with Gasteiger partial charge in [0.2, 0.25) is 0 Å². The number of nitrogens with zero attached hydrogens (tertiary/aromatic N) is 4. The molecule has 1 aliphatic heterocycles. The molecule has 1 unspecified atom stereocenters. The minimum absolute atomic E-state index is 0.0122. The van der Waals surface area contributed by atoms with Crippen molar-refractivity contribution in [1.82, 2.24) is 19.5 Å². The Balaban J connectivity index is 1.84. The number of hydrogen-bond acceptors (Lipinski definition) is 4. The van der Waals surface area contributed by atoms with Crippen LogP contribution in [0.25, 0.3) is 16.9 Å². The molecule has 2 N–H and O–H groups in total. The molecule has 164 valence electrons. The Bertz CT molecular complexity index is 1140. The van der Waals surface area contributed by atoms with E-state index in [0.717, 1.165) is 31.7 Å². The number of amides is 1. The number of carbonyl (C=O) groups excluding carboxylic acids is 1. The predicted octanol–water partition coefficient (Wildman–Crippen LogP) is 4.54. The van der Waals surface area contributed by atoms with Crippen LogP contribution in [0.1, 0.15) is 48.8 Å². The molecule has 0 spiro atoms. The van der Waals surface area contributed by atoms with Crippen LogP contribution in [0.4, 0.5) is 23.2 Å². The van der Waals surface area contributed by atoms with Crippen LogP contribution < -0.4 is 5.73 Å². The fourth-order valence-electron chi connectivity index (χ4n) is 3.88. The first kappa shape index (κ1) is 21.1.